The van der Waals surface area contributed by atoms with Crippen molar-refractivity contribution in [2.45, 2.75) is 45.1 Å². The van der Waals surface area contributed by atoms with Gasteiger partial charge in [0.25, 0.3) is 0 Å². The van der Waals surface area contributed by atoms with Gasteiger partial charge in [0, 0.05) is 5.56 Å². The number of carbonyl (C=O) groups excluding carboxylic acids is 2. The van der Waals surface area contributed by atoms with Crippen molar-refractivity contribution in [3.05, 3.63) is 28.8 Å². The van der Waals surface area contributed by atoms with Crippen LogP contribution in [-0.2, 0) is 9.53 Å². The molecule has 114 valence electrons. The summed E-state index contributed by atoms with van der Waals surface area (Å²) in [6.07, 6.45) is 5.81. The Bertz CT molecular complexity index is 524. The number of hydrogen-bond donors (Lipinski definition) is 1. The van der Waals surface area contributed by atoms with Crippen molar-refractivity contribution in [1.29, 1.82) is 0 Å². The van der Waals surface area contributed by atoms with Gasteiger partial charge in [0.05, 0.1) is 16.8 Å². The lowest BCUT2D eigenvalue weighted by molar-refractivity contribution is -0.123. The minimum atomic E-state index is -0.247. The Balaban J connectivity index is 1.89. The normalized spacial score (nSPS) is 15.7. The van der Waals surface area contributed by atoms with Crippen LogP contribution >= 0.6 is 11.6 Å². The van der Waals surface area contributed by atoms with Crippen LogP contribution in [0.4, 0.5) is 5.69 Å². The molecule has 1 aliphatic carbocycles. The highest BCUT2D eigenvalue weighted by atomic mass is 35.5. The van der Waals surface area contributed by atoms with E-state index in [2.05, 4.69) is 5.32 Å². The van der Waals surface area contributed by atoms with Crippen molar-refractivity contribution < 1.29 is 14.3 Å². The summed E-state index contributed by atoms with van der Waals surface area (Å²) in [6, 6.07) is 4.83. The Labute approximate surface area is 129 Å². The number of anilines is 1. The van der Waals surface area contributed by atoms with Crippen LogP contribution in [0.2, 0.25) is 5.02 Å². The molecular weight excluding hydrogens is 290 g/mol. The molecule has 1 fully saturated rings. The minimum Gasteiger partial charge on any atom is -0.368 e. The van der Waals surface area contributed by atoms with Gasteiger partial charge in [-0.05, 0) is 38.0 Å². The largest absolute Gasteiger partial charge is 0.368 e. The second-order valence-corrected chi connectivity index (χ2v) is 5.78. The number of carbonyl (C=O) groups is 2. The van der Waals surface area contributed by atoms with Crippen molar-refractivity contribution >= 4 is 29.0 Å². The van der Waals surface area contributed by atoms with Gasteiger partial charge in [-0.1, -0.05) is 30.9 Å². The number of rotatable bonds is 5. The average molecular weight is 310 g/mol. The predicted octanol–water partition coefficient (Wildman–Crippen LogP) is 3.83. The predicted molar refractivity (Wildman–Crippen MR) is 82.9 cm³/mol. The summed E-state index contributed by atoms with van der Waals surface area (Å²) in [5, 5.41) is 3.11. The second-order valence-electron chi connectivity index (χ2n) is 5.37. The third-order valence-corrected chi connectivity index (χ3v) is 3.98. The fourth-order valence-corrected chi connectivity index (χ4v) is 2.62. The summed E-state index contributed by atoms with van der Waals surface area (Å²) < 4.78 is 5.61. The highest BCUT2D eigenvalue weighted by molar-refractivity contribution is 6.33. The quantitative estimate of drug-likeness (QED) is 0.841. The minimum absolute atomic E-state index is 0.0191. The maximum Gasteiger partial charge on any atom is 0.250 e. The van der Waals surface area contributed by atoms with Gasteiger partial charge in [0.1, 0.15) is 6.61 Å². The van der Waals surface area contributed by atoms with E-state index in [0.717, 1.165) is 12.8 Å². The van der Waals surface area contributed by atoms with E-state index in [1.165, 1.54) is 26.2 Å². The SMILES string of the molecule is CC(=O)c1ccc(Cl)c(NC(=O)COC2CCCCC2)c1. The zero-order valence-electron chi connectivity index (χ0n) is 12.2. The molecule has 0 heterocycles. The topological polar surface area (TPSA) is 55.4 Å². The van der Waals surface area contributed by atoms with Crippen LogP contribution in [0.5, 0.6) is 0 Å². The maximum absolute atomic E-state index is 11.9. The lowest BCUT2D eigenvalue weighted by atomic mass is 9.98. The maximum atomic E-state index is 11.9. The zero-order valence-corrected chi connectivity index (χ0v) is 12.9. The van der Waals surface area contributed by atoms with Crippen molar-refractivity contribution in [1.82, 2.24) is 0 Å². The lowest BCUT2D eigenvalue weighted by Crippen LogP contribution is -2.24. The zero-order chi connectivity index (χ0) is 15.2. The first-order chi connectivity index (χ1) is 10.1. The highest BCUT2D eigenvalue weighted by Gasteiger charge is 2.16. The Kier molecular flexibility index (Phi) is 5.76. The molecule has 0 unspecified atom stereocenters. The second kappa shape index (κ2) is 7.57. The summed E-state index contributed by atoms with van der Waals surface area (Å²) in [5.41, 5.74) is 0.963. The Morgan fingerprint density at radius 3 is 2.67 bits per heavy atom. The van der Waals surface area contributed by atoms with Crippen LogP contribution in [0.25, 0.3) is 0 Å². The fourth-order valence-electron chi connectivity index (χ4n) is 2.45. The fraction of sp³-hybridized carbons (Fsp3) is 0.500. The number of halogens is 1. The molecule has 0 spiro atoms. The van der Waals surface area contributed by atoms with Crippen molar-refractivity contribution in [2.24, 2.45) is 0 Å². The summed E-state index contributed by atoms with van der Waals surface area (Å²) in [6.45, 7) is 1.49. The van der Waals surface area contributed by atoms with Gasteiger partial charge in [-0.25, -0.2) is 0 Å². The number of hydrogen-bond acceptors (Lipinski definition) is 3. The molecule has 0 radical (unpaired) electrons. The number of nitrogens with one attached hydrogen (secondary N) is 1. The summed E-state index contributed by atoms with van der Waals surface area (Å²) in [7, 11) is 0. The van der Waals surface area contributed by atoms with Crippen LogP contribution in [0.15, 0.2) is 18.2 Å². The van der Waals surface area contributed by atoms with Gasteiger partial charge < -0.3 is 10.1 Å². The number of Topliss-reactive ketones (excluding diaryl/α,β-unsaturated/α-hetero) is 1. The monoisotopic (exact) mass is 309 g/mol. The van der Waals surface area contributed by atoms with Gasteiger partial charge in [-0.15, -0.1) is 0 Å². The van der Waals surface area contributed by atoms with Crippen molar-refractivity contribution in [2.75, 3.05) is 11.9 Å². The first-order valence-electron chi connectivity index (χ1n) is 7.28. The Morgan fingerprint density at radius 2 is 2.00 bits per heavy atom. The third kappa shape index (κ3) is 4.83. The van der Waals surface area contributed by atoms with Gasteiger partial charge >= 0.3 is 0 Å². The number of ether oxygens (including phenoxy) is 1. The summed E-state index contributed by atoms with van der Waals surface area (Å²) in [4.78, 5) is 23.3. The van der Waals surface area contributed by atoms with Crippen LogP contribution in [-0.4, -0.2) is 24.4 Å². The van der Waals surface area contributed by atoms with Gasteiger partial charge in [0.2, 0.25) is 5.91 Å². The molecule has 2 rings (SSSR count). The standard InChI is InChI=1S/C16H20ClNO3/c1-11(19)12-7-8-14(17)15(9-12)18-16(20)10-21-13-5-3-2-4-6-13/h7-9,13H,2-6,10H2,1H3,(H,18,20). The Hall–Kier alpha value is -1.39. The number of amides is 1. The lowest BCUT2D eigenvalue weighted by Gasteiger charge is -2.21. The van der Waals surface area contributed by atoms with Crippen LogP contribution in [0.3, 0.4) is 0 Å². The van der Waals surface area contributed by atoms with Crippen molar-refractivity contribution in [3.63, 3.8) is 0 Å². The van der Waals surface area contributed by atoms with Crippen LogP contribution < -0.4 is 5.32 Å². The molecule has 21 heavy (non-hydrogen) atoms. The molecule has 1 aliphatic rings. The molecule has 0 atom stereocenters. The summed E-state index contributed by atoms with van der Waals surface area (Å²) >= 11 is 6.03. The highest BCUT2D eigenvalue weighted by Crippen LogP contribution is 2.24. The molecule has 1 aromatic carbocycles. The first-order valence-corrected chi connectivity index (χ1v) is 7.66. The average Bonchev–Trinajstić information content (AvgIpc) is 2.48. The number of benzene rings is 1. The summed E-state index contributed by atoms with van der Waals surface area (Å²) in [5.74, 6) is -0.316. The molecular formula is C16H20ClNO3. The van der Waals surface area contributed by atoms with Gasteiger partial charge in [0.15, 0.2) is 5.78 Å². The molecule has 1 amide bonds. The van der Waals surface area contributed by atoms with E-state index in [-0.39, 0.29) is 24.4 Å². The van der Waals surface area contributed by atoms with Gasteiger partial charge in [-0.3, -0.25) is 9.59 Å². The van der Waals surface area contributed by atoms with Crippen LogP contribution in [0, 0.1) is 0 Å². The molecule has 5 heteroatoms. The van der Waals surface area contributed by atoms with E-state index < -0.39 is 0 Å². The van der Waals surface area contributed by atoms with E-state index in [4.69, 9.17) is 16.3 Å². The molecule has 0 aromatic heterocycles. The van der Waals surface area contributed by atoms with E-state index >= 15 is 0 Å². The third-order valence-electron chi connectivity index (χ3n) is 3.65. The van der Waals surface area contributed by atoms with E-state index in [9.17, 15) is 9.59 Å². The Morgan fingerprint density at radius 1 is 1.29 bits per heavy atom. The first kappa shape index (κ1) is 16.0. The van der Waals surface area contributed by atoms with Crippen LogP contribution in [0.1, 0.15) is 49.4 Å². The molecule has 4 nitrogen and oxygen atoms in total. The van der Waals surface area contributed by atoms with E-state index in [1.54, 1.807) is 18.2 Å². The molecule has 1 saturated carbocycles. The smallest absolute Gasteiger partial charge is 0.250 e. The van der Waals surface area contributed by atoms with Crippen molar-refractivity contribution in [3.8, 4) is 0 Å². The molecule has 1 N–H and O–H groups in total. The molecule has 0 aliphatic heterocycles. The van der Waals surface area contributed by atoms with E-state index in [1.807, 2.05) is 0 Å². The van der Waals surface area contributed by atoms with Gasteiger partial charge in [-0.2, -0.15) is 0 Å². The molecule has 0 saturated heterocycles. The van der Waals surface area contributed by atoms with E-state index in [0.29, 0.717) is 16.3 Å². The molecule has 0 bridgehead atoms. The number of ketones is 1. The molecule has 1 aromatic rings.